The van der Waals surface area contributed by atoms with Crippen LogP contribution in [0.15, 0.2) is 36.5 Å². The fraction of sp³-hybridized carbons (Fsp3) is 0.560. The second kappa shape index (κ2) is 9.17. The highest BCUT2D eigenvalue weighted by molar-refractivity contribution is 5.95. The van der Waals surface area contributed by atoms with Crippen molar-refractivity contribution in [2.45, 2.75) is 63.8 Å². The Bertz CT molecular complexity index is 980. The molecule has 1 unspecified atom stereocenters. The van der Waals surface area contributed by atoms with Gasteiger partial charge in [0.15, 0.2) is 0 Å². The third kappa shape index (κ3) is 5.55. The third-order valence-corrected chi connectivity index (χ3v) is 6.35. The Kier molecular flexibility index (Phi) is 6.47. The number of aryl methyl sites for hydroxylation is 1. The highest BCUT2D eigenvalue weighted by Crippen LogP contribution is 2.41. The van der Waals surface area contributed by atoms with E-state index >= 15 is 0 Å². The molecule has 2 aromatic rings. The summed E-state index contributed by atoms with van der Waals surface area (Å²) in [7, 11) is 1.86. The molecule has 8 nitrogen and oxygen atoms in total. The molecule has 178 valence electrons. The van der Waals surface area contributed by atoms with Gasteiger partial charge in [0.25, 0.3) is 5.91 Å². The van der Waals surface area contributed by atoms with Crippen LogP contribution >= 0.6 is 0 Å². The first-order chi connectivity index (χ1) is 15.6. The van der Waals surface area contributed by atoms with E-state index in [0.29, 0.717) is 31.6 Å². The van der Waals surface area contributed by atoms with E-state index in [2.05, 4.69) is 10.4 Å². The van der Waals surface area contributed by atoms with Crippen molar-refractivity contribution in [2.24, 2.45) is 7.05 Å². The number of amides is 2. The van der Waals surface area contributed by atoms with Crippen molar-refractivity contribution in [1.82, 2.24) is 20.0 Å². The maximum atomic E-state index is 12.8. The summed E-state index contributed by atoms with van der Waals surface area (Å²) >= 11 is 0. The van der Waals surface area contributed by atoms with Crippen LogP contribution in [0, 0.1) is 0 Å². The van der Waals surface area contributed by atoms with Crippen molar-refractivity contribution >= 4 is 12.0 Å². The Labute approximate surface area is 195 Å². The molecular weight excluding hydrogens is 420 g/mol. The highest BCUT2D eigenvalue weighted by atomic mass is 16.6. The molecule has 2 amide bonds. The predicted octanol–water partition coefficient (Wildman–Crippen LogP) is 3.30. The molecule has 1 atom stereocenters. The summed E-state index contributed by atoms with van der Waals surface area (Å²) < 4.78 is 13.4. The number of hydrogen-bond donors (Lipinski definition) is 1. The molecule has 1 aromatic carbocycles. The molecule has 2 fully saturated rings. The van der Waals surface area contributed by atoms with Crippen molar-refractivity contribution < 1.29 is 19.1 Å². The molecule has 0 saturated carbocycles. The van der Waals surface area contributed by atoms with Gasteiger partial charge in [0, 0.05) is 39.5 Å². The summed E-state index contributed by atoms with van der Waals surface area (Å²) in [6.45, 7) is 7.36. The lowest BCUT2D eigenvalue weighted by Crippen LogP contribution is -2.59. The van der Waals surface area contributed by atoms with Gasteiger partial charge in [-0.25, -0.2) is 4.79 Å². The summed E-state index contributed by atoms with van der Waals surface area (Å²) in [4.78, 5) is 26.9. The highest BCUT2D eigenvalue weighted by Gasteiger charge is 2.48. The fourth-order valence-corrected chi connectivity index (χ4v) is 4.57. The first-order valence-corrected chi connectivity index (χ1v) is 11.6. The van der Waals surface area contributed by atoms with E-state index in [-0.39, 0.29) is 23.7 Å². The van der Waals surface area contributed by atoms with E-state index in [1.54, 1.807) is 15.8 Å². The zero-order chi connectivity index (χ0) is 23.6. The van der Waals surface area contributed by atoms with Gasteiger partial charge in [0.1, 0.15) is 5.60 Å². The summed E-state index contributed by atoms with van der Waals surface area (Å²) in [5, 5.41) is 7.30. The summed E-state index contributed by atoms with van der Waals surface area (Å²) in [6, 6.07) is 10.1. The number of carbonyl (C=O) groups is 2. The van der Waals surface area contributed by atoms with Crippen LogP contribution in [0.25, 0.3) is 0 Å². The van der Waals surface area contributed by atoms with Gasteiger partial charge in [0.2, 0.25) is 0 Å². The second-order valence-electron chi connectivity index (χ2n) is 10.1. The molecule has 3 heterocycles. The molecule has 0 radical (unpaired) electrons. The first kappa shape index (κ1) is 23.3. The lowest BCUT2D eigenvalue weighted by atomic mass is 9.80. The molecule has 4 rings (SSSR count). The van der Waals surface area contributed by atoms with E-state index in [9.17, 15) is 9.59 Å². The van der Waals surface area contributed by atoms with E-state index in [1.165, 1.54) is 0 Å². The van der Waals surface area contributed by atoms with Gasteiger partial charge < -0.3 is 19.7 Å². The number of ether oxygens (including phenoxy) is 2. The third-order valence-electron chi connectivity index (χ3n) is 6.35. The topological polar surface area (TPSA) is 85.7 Å². The first-order valence-electron chi connectivity index (χ1n) is 11.6. The Morgan fingerprint density at radius 2 is 1.88 bits per heavy atom. The molecule has 0 aliphatic carbocycles. The molecular formula is C25H34N4O4. The van der Waals surface area contributed by atoms with Gasteiger partial charge in [0.05, 0.1) is 29.2 Å². The standard InChI is InChI=1S/C25H34N4O4/c1-24(2,3)33-23(31)29-12-10-25(11-13-29)15-19(32-25)16-26-22(30)20-17-27-28(4)21(20)14-18-8-6-5-7-9-18/h5-9,17,19H,10-16H2,1-4H3,(H,26,30). The van der Waals surface area contributed by atoms with Gasteiger partial charge >= 0.3 is 6.09 Å². The minimum absolute atomic E-state index is 0.00345. The summed E-state index contributed by atoms with van der Waals surface area (Å²) in [5.41, 5.74) is 1.95. The van der Waals surface area contributed by atoms with Crippen LogP contribution in [0.5, 0.6) is 0 Å². The van der Waals surface area contributed by atoms with Crippen molar-refractivity contribution in [3.63, 3.8) is 0 Å². The summed E-state index contributed by atoms with van der Waals surface area (Å²) in [5.74, 6) is -0.127. The fourth-order valence-electron chi connectivity index (χ4n) is 4.57. The molecule has 1 aromatic heterocycles. The van der Waals surface area contributed by atoms with E-state index in [4.69, 9.17) is 9.47 Å². The molecule has 33 heavy (non-hydrogen) atoms. The van der Waals surface area contributed by atoms with Gasteiger partial charge in [-0.05, 0) is 39.2 Å². The predicted molar refractivity (Wildman–Crippen MR) is 124 cm³/mol. The minimum Gasteiger partial charge on any atom is -0.444 e. The van der Waals surface area contributed by atoms with Crippen LogP contribution < -0.4 is 5.32 Å². The van der Waals surface area contributed by atoms with Crippen molar-refractivity contribution in [3.05, 3.63) is 53.3 Å². The SMILES string of the molecule is Cn1ncc(C(=O)NCC2CC3(CCN(C(=O)OC(C)(C)C)CC3)O2)c1Cc1ccccc1. The Morgan fingerprint density at radius 1 is 1.21 bits per heavy atom. The molecule has 2 aliphatic rings. The number of benzene rings is 1. The van der Waals surface area contributed by atoms with Gasteiger partial charge in [-0.15, -0.1) is 0 Å². The normalized spacial score (nSPS) is 19.8. The van der Waals surface area contributed by atoms with Gasteiger partial charge in [-0.1, -0.05) is 30.3 Å². The van der Waals surface area contributed by atoms with E-state index < -0.39 is 5.60 Å². The maximum Gasteiger partial charge on any atom is 0.410 e. The van der Waals surface area contributed by atoms with Gasteiger partial charge in [-0.2, -0.15) is 5.10 Å². The number of piperidine rings is 1. The number of rotatable bonds is 5. The lowest BCUT2D eigenvalue weighted by molar-refractivity contribution is -0.220. The Morgan fingerprint density at radius 3 is 2.52 bits per heavy atom. The van der Waals surface area contributed by atoms with Gasteiger partial charge in [-0.3, -0.25) is 9.48 Å². The second-order valence-corrected chi connectivity index (χ2v) is 10.1. The lowest BCUT2D eigenvalue weighted by Gasteiger charge is -2.52. The smallest absolute Gasteiger partial charge is 0.410 e. The Hall–Kier alpha value is -2.87. The minimum atomic E-state index is -0.488. The zero-order valence-corrected chi connectivity index (χ0v) is 20.0. The largest absolute Gasteiger partial charge is 0.444 e. The molecule has 8 heteroatoms. The number of nitrogens with one attached hydrogen (secondary N) is 1. The molecule has 2 aliphatic heterocycles. The van der Waals surface area contributed by atoms with Crippen LogP contribution in [0.1, 0.15) is 61.6 Å². The number of aromatic nitrogens is 2. The molecule has 2 saturated heterocycles. The molecule has 1 spiro atoms. The average molecular weight is 455 g/mol. The quantitative estimate of drug-likeness (QED) is 0.749. The molecule has 1 N–H and O–H groups in total. The van der Waals surface area contributed by atoms with E-state index in [1.807, 2.05) is 58.2 Å². The number of nitrogens with zero attached hydrogens (tertiary/aromatic N) is 3. The van der Waals surface area contributed by atoms with Crippen LogP contribution in [0.3, 0.4) is 0 Å². The molecule has 0 bridgehead atoms. The average Bonchev–Trinajstić information content (AvgIpc) is 3.10. The number of likely N-dealkylation sites (tertiary alicyclic amines) is 1. The van der Waals surface area contributed by atoms with Crippen molar-refractivity contribution in [3.8, 4) is 0 Å². The van der Waals surface area contributed by atoms with E-state index in [0.717, 1.165) is 30.5 Å². The van der Waals surface area contributed by atoms with Crippen LogP contribution in [0.4, 0.5) is 4.79 Å². The number of carbonyl (C=O) groups excluding carboxylic acids is 2. The maximum absolute atomic E-state index is 12.8. The van der Waals surface area contributed by atoms with Crippen LogP contribution in [-0.4, -0.2) is 63.6 Å². The van der Waals surface area contributed by atoms with Crippen LogP contribution in [-0.2, 0) is 22.9 Å². The van der Waals surface area contributed by atoms with Crippen LogP contribution in [0.2, 0.25) is 0 Å². The monoisotopic (exact) mass is 454 g/mol. The Balaban J connectivity index is 1.24. The zero-order valence-electron chi connectivity index (χ0n) is 20.0. The van der Waals surface area contributed by atoms with Crippen molar-refractivity contribution in [1.29, 1.82) is 0 Å². The van der Waals surface area contributed by atoms with Crippen molar-refractivity contribution in [2.75, 3.05) is 19.6 Å². The number of hydrogen-bond acceptors (Lipinski definition) is 5. The summed E-state index contributed by atoms with van der Waals surface area (Å²) in [6.07, 6.45) is 4.49.